The number of pyridine rings is 1. The van der Waals surface area contributed by atoms with Gasteiger partial charge in [0.05, 0.1) is 11.1 Å². The molecule has 0 aliphatic carbocycles. The van der Waals surface area contributed by atoms with E-state index in [-0.39, 0.29) is 0 Å². The Kier molecular flexibility index (Phi) is 3.41. The maximum atomic E-state index is 12.8. The number of carbonyl (C=O) groups is 1. The highest BCUT2D eigenvalue weighted by atomic mass is 19.4. The van der Waals surface area contributed by atoms with E-state index in [4.69, 9.17) is 0 Å². The Morgan fingerprint density at radius 3 is 2.50 bits per heavy atom. The van der Waals surface area contributed by atoms with Crippen LogP contribution in [-0.4, -0.2) is 11.3 Å². The maximum Gasteiger partial charge on any atom is 0.416 e. The van der Waals surface area contributed by atoms with Gasteiger partial charge in [0.2, 0.25) is 0 Å². The molecule has 0 atom stereocenters. The van der Waals surface area contributed by atoms with E-state index in [2.05, 4.69) is 4.98 Å². The smallest absolute Gasteiger partial charge is 0.298 e. The average molecular weight is 301 g/mol. The first kappa shape index (κ1) is 14.3. The van der Waals surface area contributed by atoms with E-state index in [1.165, 1.54) is 12.3 Å². The Balaban J connectivity index is 2.12. The van der Waals surface area contributed by atoms with Crippen LogP contribution in [0.3, 0.4) is 0 Å². The lowest BCUT2D eigenvalue weighted by molar-refractivity contribution is -0.137. The minimum atomic E-state index is -4.38. The molecular formula is C17H10F3NO. The summed E-state index contributed by atoms with van der Waals surface area (Å²) in [5, 5.41) is 0.708. The van der Waals surface area contributed by atoms with Gasteiger partial charge < -0.3 is 0 Å². The van der Waals surface area contributed by atoms with E-state index in [0.717, 1.165) is 18.4 Å². The van der Waals surface area contributed by atoms with Crippen molar-refractivity contribution in [3.05, 3.63) is 65.9 Å². The third kappa shape index (κ3) is 2.70. The summed E-state index contributed by atoms with van der Waals surface area (Å²) in [6, 6.07) is 11.8. The summed E-state index contributed by atoms with van der Waals surface area (Å²) in [6.45, 7) is 0. The number of hydrogen-bond donors (Lipinski definition) is 0. The fraction of sp³-hybridized carbons (Fsp3) is 0.0588. The molecular weight excluding hydrogens is 291 g/mol. The number of fused-ring (bicyclic) bond motifs is 1. The Morgan fingerprint density at radius 1 is 0.955 bits per heavy atom. The van der Waals surface area contributed by atoms with Crippen molar-refractivity contribution >= 4 is 17.2 Å². The lowest BCUT2D eigenvalue weighted by Gasteiger charge is -2.09. The summed E-state index contributed by atoms with van der Waals surface area (Å²) in [5.74, 6) is 0. The molecule has 0 fully saturated rings. The summed E-state index contributed by atoms with van der Waals surface area (Å²) >= 11 is 0. The Bertz CT molecular complexity index is 856. The third-order valence-electron chi connectivity index (χ3n) is 3.36. The average Bonchev–Trinajstić information content (AvgIpc) is 2.53. The van der Waals surface area contributed by atoms with Gasteiger partial charge in [-0.1, -0.05) is 12.1 Å². The highest BCUT2D eigenvalue weighted by Crippen LogP contribution is 2.32. The van der Waals surface area contributed by atoms with Crippen LogP contribution < -0.4 is 0 Å². The van der Waals surface area contributed by atoms with Crippen molar-refractivity contribution in [1.29, 1.82) is 0 Å². The molecule has 2 aromatic carbocycles. The van der Waals surface area contributed by atoms with E-state index in [1.807, 2.05) is 0 Å². The summed E-state index contributed by atoms with van der Waals surface area (Å²) in [5.41, 5.74) is 1.48. The van der Waals surface area contributed by atoms with Crippen LogP contribution in [0, 0.1) is 0 Å². The zero-order valence-electron chi connectivity index (χ0n) is 11.3. The van der Waals surface area contributed by atoms with E-state index in [0.29, 0.717) is 27.6 Å². The van der Waals surface area contributed by atoms with Crippen molar-refractivity contribution in [3.63, 3.8) is 0 Å². The van der Waals surface area contributed by atoms with Gasteiger partial charge >= 0.3 is 6.18 Å². The topological polar surface area (TPSA) is 30.0 Å². The standard InChI is InChI=1S/C17H10F3NO/c18-17(19,20)15-3-1-2-12(8-15)14-7-13-6-11(10-22)4-5-16(13)21-9-14/h1-10H. The predicted octanol–water partition coefficient (Wildman–Crippen LogP) is 4.73. The van der Waals surface area contributed by atoms with Crippen molar-refractivity contribution in [2.24, 2.45) is 0 Å². The fourth-order valence-electron chi connectivity index (χ4n) is 2.26. The minimum Gasteiger partial charge on any atom is -0.298 e. The molecule has 0 spiro atoms. The van der Waals surface area contributed by atoms with E-state index >= 15 is 0 Å². The Hall–Kier alpha value is -2.69. The highest BCUT2D eigenvalue weighted by molar-refractivity contribution is 5.89. The molecule has 0 radical (unpaired) electrons. The van der Waals surface area contributed by atoms with Gasteiger partial charge in [-0.3, -0.25) is 9.78 Å². The number of alkyl halides is 3. The molecule has 1 heterocycles. The molecule has 0 unspecified atom stereocenters. The van der Waals surface area contributed by atoms with Crippen LogP contribution in [0.25, 0.3) is 22.0 Å². The number of nitrogens with zero attached hydrogens (tertiary/aromatic N) is 1. The minimum absolute atomic E-state index is 0.431. The molecule has 2 nitrogen and oxygen atoms in total. The molecule has 22 heavy (non-hydrogen) atoms. The first-order valence-electron chi connectivity index (χ1n) is 6.50. The zero-order chi connectivity index (χ0) is 15.7. The van der Waals surface area contributed by atoms with Crippen LogP contribution in [0.2, 0.25) is 0 Å². The van der Waals surface area contributed by atoms with Gasteiger partial charge in [-0.05, 0) is 42.0 Å². The molecule has 0 amide bonds. The summed E-state index contributed by atoms with van der Waals surface area (Å²) in [6.07, 6.45) is -2.14. The Morgan fingerprint density at radius 2 is 1.77 bits per heavy atom. The van der Waals surface area contributed by atoms with Crippen LogP contribution in [0.15, 0.2) is 54.7 Å². The second-order valence-corrected chi connectivity index (χ2v) is 4.87. The SMILES string of the molecule is O=Cc1ccc2ncc(-c3cccc(C(F)(F)F)c3)cc2c1. The molecule has 5 heteroatoms. The van der Waals surface area contributed by atoms with Crippen LogP contribution in [0.1, 0.15) is 15.9 Å². The van der Waals surface area contributed by atoms with Gasteiger partial charge in [-0.15, -0.1) is 0 Å². The van der Waals surface area contributed by atoms with Crippen molar-refractivity contribution in [2.75, 3.05) is 0 Å². The lowest BCUT2D eigenvalue weighted by Crippen LogP contribution is -2.04. The monoisotopic (exact) mass is 301 g/mol. The number of rotatable bonds is 2. The third-order valence-corrected chi connectivity index (χ3v) is 3.36. The zero-order valence-corrected chi connectivity index (χ0v) is 11.3. The van der Waals surface area contributed by atoms with Crippen molar-refractivity contribution in [3.8, 4) is 11.1 Å². The van der Waals surface area contributed by atoms with Gasteiger partial charge in [0.15, 0.2) is 0 Å². The fourth-order valence-corrected chi connectivity index (χ4v) is 2.26. The molecule has 3 rings (SSSR count). The molecule has 0 bridgehead atoms. The van der Waals surface area contributed by atoms with E-state index < -0.39 is 11.7 Å². The second-order valence-electron chi connectivity index (χ2n) is 4.87. The molecule has 0 saturated heterocycles. The molecule has 3 aromatic rings. The molecule has 0 aliphatic heterocycles. The quantitative estimate of drug-likeness (QED) is 0.640. The van der Waals surface area contributed by atoms with Crippen molar-refractivity contribution in [1.82, 2.24) is 4.98 Å². The molecule has 0 aliphatic rings. The molecule has 1 aromatic heterocycles. The van der Waals surface area contributed by atoms with Gasteiger partial charge in [-0.25, -0.2) is 0 Å². The number of aldehydes is 1. The number of halogens is 3. The van der Waals surface area contributed by atoms with E-state index in [9.17, 15) is 18.0 Å². The summed E-state index contributed by atoms with van der Waals surface area (Å²) in [4.78, 5) is 15.0. The normalized spacial score (nSPS) is 11.6. The first-order chi connectivity index (χ1) is 10.5. The van der Waals surface area contributed by atoms with Crippen LogP contribution >= 0.6 is 0 Å². The van der Waals surface area contributed by atoms with Crippen molar-refractivity contribution in [2.45, 2.75) is 6.18 Å². The maximum absolute atomic E-state index is 12.8. The largest absolute Gasteiger partial charge is 0.416 e. The van der Waals surface area contributed by atoms with Crippen molar-refractivity contribution < 1.29 is 18.0 Å². The van der Waals surface area contributed by atoms with Crippen LogP contribution in [0.5, 0.6) is 0 Å². The van der Waals surface area contributed by atoms with E-state index in [1.54, 1.807) is 30.3 Å². The number of carbonyl (C=O) groups excluding carboxylic acids is 1. The van der Waals surface area contributed by atoms with Gasteiger partial charge in [-0.2, -0.15) is 13.2 Å². The summed E-state index contributed by atoms with van der Waals surface area (Å²) < 4.78 is 38.3. The molecule has 110 valence electrons. The van der Waals surface area contributed by atoms with Crippen LogP contribution in [0.4, 0.5) is 13.2 Å². The van der Waals surface area contributed by atoms with Gasteiger partial charge in [0.25, 0.3) is 0 Å². The number of aromatic nitrogens is 1. The predicted molar refractivity (Wildman–Crippen MR) is 77.6 cm³/mol. The summed E-state index contributed by atoms with van der Waals surface area (Å²) in [7, 11) is 0. The molecule has 0 N–H and O–H groups in total. The Labute approximate surface area is 124 Å². The lowest BCUT2D eigenvalue weighted by atomic mass is 10.0. The first-order valence-corrected chi connectivity index (χ1v) is 6.50. The van der Waals surface area contributed by atoms with Gasteiger partial charge in [0, 0.05) is 22.7 Å². The molecule has 0 saturated carbocycles. The van der Waals surface area contributed by atoms with Crippen LogP contribution in [-0.2, 0) is 6.18 Å². The highest BCUT2D eigenvalue weighted by Gasteiger charge is 2.30. The number of benzene rings is 2. The van der Waals surface area contributed by atoms with Gasteiger partial charge in [0.1, 0.15) is 6.29 Å². The number of hydrogen-bond acceptors (Lipinski definition) is 2. The second kappa shape index (κ2) is 5.26.